The number of nitrogens with one attached hydrogen (secondary N) is 1. The van der Waals surface area contributed by atoms with Gasteiger partial charge in [0.05, 0.1) is 17.3 Å². The predicted molar refractivity (Wildman–Crippen MR) is 78.3 cm³/mol. The van der Waals surface area contributed by atoms with E-state index in [0.717, 1.165) is 35.5 Å². The van der Waals surface area contributed by atoms with Crippen LogP contribution in [-0.2, 0) is 6.42 Å². The van der Waals surface area contributed by atoms with Crippen molar-refractivity contribution in [1.29, 1.82) is 5.26 Å². The number of nitriles is 1. The highest BCUT2D eigenvalue weighted by Crippen LogP contribution is 2.22. The lowest BCUT2D eigenvalue weighted by Crippen LogP contribution is -2.00. The van der Waals surface area contributed by atoms with E-state index in [1.54, 1.807) is 6.07 Å². The van der Waals surface area contributed by atoms with E-state index in [1.807, 2.05) is 25.1 Å². The van der Waals surface area contributed by atoms with Crippen molar-refractivity contribution in [3.63, 3.8) is 0 Å². The van der Waals surface area contributed by atoms with Crippen LogP contribution in [0.2, 0.25) is 0 Å². The minimum Gasteiger partial charge on any atom is -0.343 e. The molecule has 3 nitrogen and oxygen atoms in total. The highest BCUT2D eigenvalue weighted by Gasteiger charge is 2.07. The lowest BCUT2D eigenvalue weighted by Gasteiger charge is -2.09. The summed E-state index contributed by atoms with van der Waals surface area (Å²) in [6.45, 7) is 4.06. The Morgan fingerprint density at radius 2 is 2.21 bits per heavy atom. The topological polar surface area (TPSA) is 52.5 Å². The second kappa shape index (κ2) is 5.77. The van der Waals surface area contributed by atoms with Crippen LogP contribution in [0.25, 0.3) is 11.3 Å². The molecule has 0 aliphatic heterocycles. The molecule has 4 heteroatoms. The molecule has 0 spiro atoms. The molecule has 1 N–H and O–H groups in total. The Kier molecular flexibility index (Phi) is 4.08. The number of aryl methyl sites for hydroxylation is 1. The van der Waals surface area contributed by atoms with E-state index in [2.05, 4.69) is 23.0 Å². The third-order valence-corrected chi connectivity index (χ3v) is 3.37. The van der Waals surface area contributed by atoms with Crippen molar-refractivity contribution >= 4 is 12.2 Å². The van der Waals surface area contributed by atoms with Gasteiger partial charge < -0.3 is 4.98 Å². The molecule has 0 fully saturated rings. The number of aromatic nitrogens is 2. The zero-order chi connectivity index (χ0) is 13.8. The highest BCUT2D eigenvalue weighted by atomic mass is 32.1. The Balaban J connectivity index is 2.60. The van der Waals surface area contributed by atoms with E-state index in [1.165, 1.54) is 0 Å². The number of hydrogen-bond donors (Lipinski definition) is 1. The Bertz CT molecular complexity index is 695. The molecule has 0 amide bonds. The molecule has 2 aromatic rings. The lowest BCUT2D eigenvalue weighted by molar-refractivity contribution is 0.829. The average Bonchev–Trinajstić information content (AvgIpc) is 2.43. The summed E-state index contributed by atoms with van der Waals surface area (Å²) in [7, 11) is 0. The fourth-order valence-electron chi connectivity index (χ4n) is 1.97. The van der Waals surface area contributed by atoms with Crippen molar-refractivity contribution in [1.82, 2.24) is 9.97 Å². The first-order valence-electron chi connectivity index (χ1n) is 6.26. The smallest absolute Gasteiger partial charge is 0.133 e. The molecule has 0 bridgehead atoms. The molecule has 0 unspecified atom stereocenters. The van der Waals surface area contributed by atoms with Crippen LogP contribution >= 0.6 is 12.2 Å². The first-order chi connectivity index (χ1) is 9.15. The molecule has 0 aliphatic rings. The summed E-state index contributed by atoms with van der Waals surface area (Å²) in [5, 5.41) is 8.98. The summed E-state index contributed by atoms with van der Waals surface area (Å²) in [6, 6.07) is 9.67. The molecular weight excluding hydrogens is 254 g/mol. The van der Waals surface area contributed by atoms with Gasteiger partial charge in [0.1, 0.15) is 10.5 Å². The monoisotopic (exact) mass is 269 g/mol. The van der Waals surface area contributed by atoms with E-state index in [-0.39, 0.29) is 0 Å². The first-order valence-corrected chi connectivity index (χ1v) is 6.67. The Labute approximate surface area is 118 Å². The van der Waals surface area contributed by atoms with Crippen molar-refractivity contribution in [2.45, 2.75) is 26.7 Å². The van der Waals surface area contributed by atoms with Crippen molar-refractivity contribution in [2.75, 3.05) is 0 Å². The Hall–Kier alpha value is -1.99. The maximum absolute atomic E-state index is 8.98. The molecule has 0 aliphatic carbocycles. The number of hydrogen-bond acceptors (Lipinski definition) is 3. The van der Waals surface area contributed by atoms with Gasteiger partial charge in [-0.05, 0) is 31.0 Å². The third-order valence-electron chi connectivity index (χ3n) is 2.97. The van der Waals surface area contributed by atoms with Gasteiger partial charge in [-0.1, -0.05) is 31.3 Å². The average molecular weight is 269 g/mol. The maximum atomic E-state index is 8.98. The van der Waals surface area contributed by atoms with Gasteiger partial charge in [0, 0.05) is 12.0 Å². The summed E-state index contributed by atoms with van der Waals surface area (Å²) in [5.41, 5.74) is 3.53. The minimum absolute atomic E-state index is 0.625. The fourth-order valence-corrected chi connectivity index (χ4v) is 2.18. The van der Waals surface area contributed by atoms with Gasteiger partial charge >= 0.3 is 0 Å². The number of H-pyrrole nitrogens is 1. The Morgan fingerprint density at radius 1 is 1.42 bits per heavy atom. The summed E-state index contributed by atoms with van der Waals surface area (Å²) in [6.07, 6.45) is 1.88. The first kappa shape index (κ1) is 13.4. The summed E-state index contributed by atoms with van der Waals surface area (Å²) < 4.78 is 0.625. The van der Waals surface area contributed by atoms with Gasteiger partial charge in [0.25, 0.3) is 0 Å². The summed E-state index contributed by atoms with van der Waals surface area (Å²) in [4.78, 5) is 7.72. The molecule has 1 heterocycles. The van der Waals surface area contributed by atoms with E-state index in [9.17, 15) is 0 Å². The molecule has 0 radical (unpaired) electrons. The van der Waals surface area contributed by atoms with E-state index >= 15 is 0 Å². The molecule has 0 saturated carbocycles. The van der Waals surface area contributed by atoms with Gasteiger partial charge in [-0.2, -0.15) is 5.26 Å². The lowest BCUT2D eigenvalue weighted by atomic mass is 10.1. The van der Waals surface area contributed by atoms with Gasteiger partial charge in [-0.3, -0.25) is 0 Å². The zero-order valence-electron chi connectivity index (χ0n) is 11.0. The quantitative estimate of drug-likeness (QED) is 0.859. The molecule has 1 aromatic carbocycles. The predicted octanol–water partition coefficient (Wildman–Crippen LogP) is 3.94. The number of aromatic amines is 1. The SMILES string of the molecule is CCCc1nc(=S)c(C)c(-c2cccc(C#N)c2)[nH]1. The van der Waals surface area contributed by atoms with E-state index < -0.39 is 0 Å². The number of nitrogens with zero attached hydrogens (tertiary/aromatic N) is 2. The van der Waals surface area contributed by atoms with Crippen LogP contribution in [0.15, 0.2) is 24.3 Å². The third kappa shape index (κ3) is 2.88. The number of benzene rings is 1. The van der Waals surface area contributed by atoms with Crippen molar-refractivity contribution in [3.8, 4) is 17.3 Å². The molecule has 2 rings (SSSR count). The van der Waals surface area contributed by atoms with E-state index in [4.69, 9.17) is 17.5 Å². The van der Waals surface area contributed by atoms with Crippen LogP contribution in [0, 0.1) is 22.9 Å². The van der Waals surface area contributed by atoms with Crippen molar-refractivity contribution < 1.29 is 0 Å². The second-order valence-corrected chi connectivity index (χ2v) is 4.82. The largest absolute Gasteiger partial charge is 0.343 e. The van der Waals surface area contributed by atoms with Crippen LogP contribution in [0.4, 0.5) is 0 Å². The zero-order valence-corrected chi connectivity index (χ0v) is 11.8. The fraction of sp³-hybridized carbons (Fsp3) is 0.267. The van der Waals surface area contributed by atoms with Crippen LogP contribution < -0.4 is 0 Å². The molecule has 19 heavy (non-hydrogen) atoms. The maximum Gasteiger partial charge on any atom is 0.133 e. The van der Waals surface area contributed by atoms with Crippen LogP contribution in [-0.4, -0.2) is 9.97 Å². The van der Waals surface area contributed by atoms with Gasteiger partial charge in [-0.15, -0.1) is 0 Å². The van der Waals surface area contributed by atoms with Gasteiger partial charge in [0.15, 0.2) is 0 Å². The molecule has 96 valence electrons. The Morgan fingerprint density at radius 3 is 2.89 bits per heavy atom. The minimum atomic E-state index is 0.625. The van der Waals surface area contributed by atoms with Crippen molar-refractivity contribution in [2.24, 2.45) is 0 Å². The van der Waals surface area contributed by atoms with Crippen molar-refractivity contribution in [3.05, 3.63) is 45.9 Å². The van der Waals surface area contributed by atoms with Crippen LogP contribution in [0.3, 0.4) is 0 Å². The highest BCUT2D eigenvalue weighted by molar-refractivity contribution is 7.71. The number of rotatable bonds is 3. The summed E-state index contributed by atoms with van der Waals surface area (Å²) >= 11 is 5.31. The molecule has 0 saturated heterocycles. The van der Waals surface area contributed by atoms with Crippen LogP contribution in [0.1, 0.15) is 30.3 Å². The van der Waals surface area contributed by atoms with Gasteiger partial charge in [-0.25, -0.2) is 4.98 Å². The second-order valence-electron chi connectivity index (χ2n) is 4.43. The normalized spacial score (nSPS) is 10.2. The molecule has 1 aromatic heterocycles. The van der Waals surface area contributed by atoms with E-state index in [0.29, 0.717) is 10.2 Å². The summed E-state index contributed by atoms with van der Waals surface area (Å²) in [5.74, 6) is 0.899. The standard InChI is InChI=1S/C15H15N3S/c1-3-5-13-17-14(10(2)15(19)18-13)12-7-4-6-11(8-12)9-16/h4,6-8H,3,5H2,1-2H3,(H,17,18,19). The molecule has 0 atom stereocenters. The molecular formula is C15H15N3S. The van der Waals surface area contributed by atoms with Crippen LogP contribution in [0.5, 0.6) is 0 Å². The van der Waals surface area contributed by atoms with Gasteiger partial charge in [0.2, 0.25) is 0 Å².